The second-order valence-electron chi connectivity index (χ2n) is 5.15. The molecular weight excluding hydrogens is 240 g/mol. The van der Waals surface area contributed by atoms with Crippen LogP contribution in [0.4, 0.5) is 11.4 Å². The Labute approximate surface area is 114 Å². The first-order chi connectivity index (χ1) is 9.16. The molecule has 1 amide bonds. The fraction of sp³-hybridized carbons (Fsp3) is 0.533. The van der Waals surface area contributed by atoms with Gasteiger partial charge in [0.05, 0.1) is 17.5 Å². The summed E-state index contributed by atoms with van der Waals surface area (Å²) in [5, 5.41) is 12.2. The number of carbonyl (C=O) groups excluding carboxylic acids is 1. The molecule has 1 atom stereocenters. The quantitative estimate of drug-likeness (QED) is 0.856. The predicted molar refractivity (Wildman–Crippen MR) is 77.4 cm³/mol. The largest absolute Gasteiger partial charge is 0.393 e. The van der Waals surface area contributed by atoms with Crippen LogP contribution < -0.4 is 10.2 Å². The molecule has 4 nitrogen and oxygen atoms in total. The molecular formula is C15H22N2O2. The van der Waals surface area contributed by atoms with Crippen LogP contribution in [0.3, 0.4) is 0 Å². The molecule has 0 saturated carbocycles. The minimum atomic E-state index is -0.431. The predicted octanol–water partition coefficient (Wildman–Crippen LogP) is 2.39. The van der Waals surface area contributed by atoms with Gasteiger partial charge in [0.15, 0.2) is 0 Å². The van der Waals surface area contributed by atoms with E-state index < -0.39 is 6.10 Å². The summed E-state index contributed by atoms with van der Waals surface area (Å²) in [6, 6.07) is 7.92. The van der Waals surface area contributed by atoms with Crippen LogP contribution in [0.5, 0.6) is 0 Å². The van der Waals surface area contributed by atoms with Gasteiger partial charge in [0.1, 0.15) is 0 Å². The van der Waals surface area contributed by atoms with E-state index in [0.29, 0.717) is 12.8 Å². The Kier molecular flexibility index (Phi) is 4.80. The van der Waals surface area contributed by atoms with Gasteiger partial charge in [-0.3, -0.25) is 4.79 Å². The van der Waals surface area contributed by atoms with Crippen LogP contribution in [-0.4, -0.2) is 30.2 Å². The molecule has 1 unspecified atom stereocenters. The summed E-state index contributed by atoms with van der Waals surface area (Å²) in [5.74, 6) is -0.0347. The zero-order valence-electron chi connectivity index (χ0n) is 11.4. The molecule has 1 heterocycles. The monoisotopic (exact) mass is 262 g/mol. The molecule has 2 rings (SSSR count). The van der Waals surface area contributed by atoms with Crippen molar-refractivity contribution < 1.29 is 9.90 Å². The number of aliphatic hydroxyl groups excluding tert-OH is 1. The molecule has 1 aliphatic rings. The van der Waals surface area contributed by atoms with Gasteiger partial charge in [-0.15, -0.1) is 0 Å². The average Bonchev–Trinajstić information content (AvgIpc) is 2.91. The third-order valence-corrected chi connectivity index (χ3v) is 3.41. The number of anilines is 2. The molecule has 104 valence electrons. The number of aliphatic hydroxyl groups is 1. The van der Waals surface area contributed by atoms with Crippen molar-refractivity contribution in [3.8, 4) is 0 Å². The van der Waals surface area contributed by atoms with E-state index in [4.69, 9.17) is 0 Å². The van der Waals surface area contributed by atoms with E-state index in [0.717, 1.165) is 24.5 Å². The molecule has 1 saturated heterocycles. The van der Waals surface area contributed by atoms with E-state index in [1.54, 1.807) is 6.92 Å². The number of benzene rings is 1. The van der Waals surface area contributed by atoms with Crippen molar-refractivity contribution in [3.05, 3.63) is 24.3 Å². The molecule has 0 spiro atoms. The number of nitrogens with one attached hydrogen (secondary N) is 1. The number of nitrogens with zero attached hydrogens (tertiary/aromatic N) is 1. The first-order valence-corrected chi connectivity index (χ1v) is 6.98. The van der Waals surface area contributed by atoms with Crippen molar-refractivity contribution in [1.82, 2.24) is 0 Å². The van der Waals surface area contributed by atoms with Gasteiger partial charge in [0.25, 0.3) is 0 Å². The number of hydrogen-bond acceptors (Lipinski definition) is 3. The van der Waals surface area contributed by atoms with Crippen molar-refractivity contribution in [2.45, 2.75) is 38.7 Å². The van der Waals surface area contributed by atoms with Crippen LogP contribution in [0.2, 0.25) is 0 Å². The highest BCUT2D eigenvalue weighted by Gasteiger charge is 2.16. The van der Waals surface area contributed by atoms with Crippen molar-refractivity contribution >= 4 is 17.3 Å². The van der Waals surface area contributed by atoms with Crippen LogP contribution in [-0.2, 0) is 4.79 Å². The second kappa shape index (κ2) is 6.57. The van der Waals surface area contributed by atoms with E-state index in [9.17, 15) is 9.90 Å². The number of para-hydroxylation sites is 2. The third-order valence-electron chi connectivity index (χ3n) is 3.41. The normalized spacial score (nSPS) is 16.4. The van der Waals surface area contributed by atoms with Gasteiger partial charge in [-0.05, 0) is 38.3 Å². The van der Waals surface area contributed by atoms with Crippen LogP contribution in [0.15, 0.2) is 24.3 Å². The maximum absolute atomic E-state index is 11.8. The number of rotatable bonds is 5. The minimum absolute atomic E-state index is 0.0347. The molecule has 0 aliphatic carbocycles. The maximum Gasteiger partial charge on any atom is 0.224 e. The van der Waals surface area contributed by atoms with Crippen molar-refractivity contribution in [1.29, 1.82) is 0 Å². The first-order valence-electron chi connectivity index (χ1n) is 6.98. The Morgan fingerprint density at radius 3 is 2.74 bits per heavy atom. The molecule has 0 bridgehead atoms. The van der Waals surface area contributed by atoms with Crippen LogP contribution in [0.1, 0.15) is 32.6 Å². The number of hydrogen-bond donors (Lipinski definition) is 2. The lowest BCUT2D eigenvalue weighted by molar-refractivity contribution is -0.116. The van der Waals surface area contributed by atoms with Crippen molar-refractivity contribution in [2.75, 3.05) is 23.3 Å². The second-order valence-corrected chi connectivity index (χ2v) is 5.15. The van der Waals surface area contributed by atoms with Crippen LogP contribution >= 0.6 is 0 Å². The van der Waals surface area contributed by atoms with Gasteiger partial charge in [-0.25, -0.2) is 0 Å². The number of amides is 1. The fourth-order valence-corrected chi connectivity index (χ4v) is 2.37. The molecule has 4 heteroatoms. The van der Waals surface area contributed by atoms with Crippen molar-refractivity contribution in [3.63, 3.8) is 0 Å². The topological polar surface area (TPSA) is 52.6 Å². The highest BCUT2D eigenvalue weighted by molar-refractivity contribution is 5.94. The summed E-state index contributed by atoms with van der Waals surface area (Å²) in [5.41, 5.74) is 1.98. The minimum Gasteiger partial charge on any atom is -0.393 e. The lowest BCUT2D eigenvalue weighted by Crippen LogP contribution is -2.21. The van der Waals surface area contributed by atoms with Gasteiger partial charge < -0.3 is 15.3 Å². The van der Waals surface area contributed by atoms with Gasteiger partial charge in [0.2, 0.25) is 5.91 Å². The Morgan fingerprint density at radius 2 is 2.05 bits per heavy atom. The Morgan fingerprint density at radius 1 is 1.37 bits per heavy atom. The first kappa shape index (κ1) is 13.9. The summed E-state index contributed by atoms with van der Waals surface area (Å²) < 4.78 is 0. The smallest absolute Gasteiger partial charge is 0.224 e. The molecule has 1 fully saturated rings. The van der Waals surface area contributed by atoms with E-state index >= 15 is 0 Å². The third kappa shape index (κ3) is 3.96. The molecule has 0 radical (unpaired) electrons. The summed E-state index contributed by atoms with van der Waals surface area (Å²) in [4.78, 5) is 14.2. The van der Waals surface area contributed by atoms with E-state index in [1.165, 1.54) is 12.8 Å². The van der Waals surface area contributed by atoms with Gasteiger partial charge in [-0.1, -0.05) is 12.1 Å². The lowest BCUT2D eigenvalue weighted by atomic mass is 10.2. The highest BCUT2D eigenvalue weighted by atomic mass is 16.3. The molecule has 1 aromatic rings. The Hall–Kier alpha value is -1.55. The zero-order chi connectivity index (χ0) is 13.7. The highest BCUT2D eigenvalue weighted by Crippen LogP contribution is 2.28. The zero-order valence-corrected chi connectivity index (χ0v) is 11.4. The van der Waals surface area contributed by atoms with E-state index in [2.05, 4.69) is 16.3 Å². The standard InChI is InChI=1S/C15H22N2O2/c1-12(18)8-9-15(19)16-13-6-2-3-7-14(13)17-10-4-5-11-17/h2-3,6-7,12,18H,4-5,8-11H2,1H3,(H,16,19). The molecule has 2 N–H and O–H groups in total. The average molecular weight is 262 g/mol. The van der Waals surface area contributed by atoms with E-state index in [1.807, 2.05) is 18.2 Å². The van der Waals surface area contributed by atoms with Gasteiger partial charge >= 0.3 is 0 Å². The van der Waals surface area contributed by atoms with Crippen molar-refractivity contribution in [2.24, 2.45) is 0 Å². The van der Waals surface area contributed by atoms with Gasteiger partial charge in [0, 0.05) is 19.5 Å². The van der Waals surface area contributed by atoms with E-state index in [-0.39, 0.29) is 5.91 Å². The maximum atomic E-state index is 11.8. The number of carbonyl (C=O) groups is 1. The summed E-state index contributed by atoms with van der Waals surface area (Å²) in [7, 11) is 0. The van der Waals surface area contributed by atoms with Crippen LogP contribution in [0.25, 0.3) is 0 Å². The lowest BCUT2D eigenvalue weighted by Gasteiger charge is -2.21. The van der Waals surface area contributed by atoms with Crippen LogP contribution in [0, 0.1) is 0 Å². The SMILES string of the molecule is CC(O)CCC(=O)Nc1ccccc1N1CCCC1. The molecule has 19 heavy (non-hydrogen) atoms. The fourth-order valence-electron chi connectivity index (χ4n) is 2.37. The van der Waals surface area contributed by atoms with Gasteiger partial charge in [-0.2, -0.15) is 0 Å². The summed E-state index contributed by atoms with van der Waals surface area (Å²) in [6.45, 7) is 3.81. The summed E-state index contributed by atoms with van der Waals surface area (Å²) in [6.07, 6.45) is 2.85. The summed E-state index contributed by atoms with van der Waals surface area (Å²) >= 11 is 0. The Bertz CT molecular complexity index is 426. The molecule has 1 aliphatic heterocycles. The molecule has 0 aromatic heterocycles. The molecule has 1 aromatic carbocycles. The Balaban J connectivity index is 2.01.